The SMILES string of the molecule is Cc1ncc(NC(O)c2cnnc(C(F)(F)F)c2)cc1-c1cnc(N(C)C)c(N2CCOCC2)c1. The van der Waals surface area contributed by atoms with Crippen molar-refractivity contribution in [2.75, 3.05) is 55.5 Å². The number of aromatic nitrogens is 4. The molecule has 0 bridgehead atoms. The lowest BCUT2D eigenvalue weighted by molar-refractivity contribution is -0.141. The van der Waals surface area contributed by atoms with Gasteiger partial charge in [0.05, 0.1) is 37.0 Å². The van der Waals surface area contributed by atoms with Crippen LogP contribution in [0.15, 0.2) is 36.8 Å². The van der Waals surface area contributed by atoms with E-state index in [0.29, 0.717) is 18.9 Å². The monoisotopic (exact) mass is 489 g/mol. The number of alkyl halides is 3. The Hall–Kier alpha value is -3.51. The van der Waals surface area contributed by atoms with E-state index in [-0.39, 0.29) is 5.56 Å². The molecule has 1 aliphatic heterocycles. The summed E-state index contributed by atoms with van der Waals surface area (Å²) in [6.45, 7) is 4.61. The van der Waals surface area contributed by atoms with Crippen molar-refractivity contribution in [3.05, 3.63) is 53.7 Å². The Labute approximate surface area is 200 Å². The highest BCUT2D eigenvalue weighted by Gasteiger charge is 2.33. The number of aryl methyl sites for hydroxylation is 1. The second-order valence-electron chi connectivity index (χ2n) is 8.34. The average Bonchev–Trinajstić information content (AvgIpc) is 2.85. The van der Waals surface area contributed by atoms with Gasteiger partial charge in [0.15, 0.2) is 17.7 Å². The van der Waals surface area contributed by atoms with Gasteiger partial charge in [0.25, 0.3) is 0 Å². The summed E-state index contributed by atoms with van der Waals surface area (Å²) < 4.78 is 44.3. The number of halogens is 3. The number of anilines is 3. The lowest BCUT2D eigenvalue weighted by atomic mass is 10.0. The van der Waals surface area contributed by atoms with Gasteiger partial charge in [-0.15, -0.1) is 5.10 Å². The maximum atomic E-state index is 13.0. The summed E-state index contributed by atoms with van der Waals surface area (Å²) in [5.41, 5.74) is 2.48. The number of aliphatic hydroxyl groups excluding tert-OH is 1. The molecular formula is C23H26F3N7O2. The van der Waals surface area contributed by atoms with Gasteiger partial charge in [-0.2, -0.15) is 18.3 Å². The second-order valence-corrected chi connectivity index (χ2v) is 8.34. The third-order valence-electron chi connectivity index (χ3n) is 5.61. The summed E-state index contributed by atoms with van der Waals surface area (Å²) in [5.74, 6) is 0.830. The minimum atomic E-state index is -4.66. The van der Waals surface area contributed by atoms with Gasteiger partial charge < -0.3 is 25.0 Å². The van der Waals surface area contributed by atoms with Gasteiger partial charge >= 0.3 is 6.18 Å². The molecule has 35 heavy (non-hydrogen) atoms. The third-order valence-corrected chi connectivity index (χ3v) is 5.61. The van der Waals surface area contributed by atoms with Gasteiger partial charge in [0.1, 0.15) is 0 Å². The molecule has 1 unspecified atom stereocenters. The maximum Gasteiger partial charge on any atom is 0.435 e. The minimum Gasteiger partial charge on any atom is -0.378 e. The molecule has 1 atom stereocenters. The van der Waals surface area contributed by atoms with Crippen LogP contribution in [0.3, 0.4) is 0 Å². The van der Waals surface area contributed by atoms with Crippen molar-refractivity contribution in [3.8, 4) is 11.1 Å². The van der Waals surface area contributed by atoms with Crippen molar-refractivity contribution in [2.45, 2.75) is 19.3 Å². The number of ether oxygens (including phenoxy) is 1. The van der Waals surface area contributed by atoms with Crippen molar-refractivity contribution in [1.82, 2.24) is 20.2 Å². The molecule has 4 rings (SSSR count). The largest absolute Gasteiger partial charge is 0.435 e. The van der Waals surface area contributed by atoms with E-state index in [1.807, 2.05) is 32.0 Å². The van der Waals surface area contributed by atoms with E-state index >= 15 is 0 Å². The zero-order valence-corrected chi connectivity index (χ0v) is 19.5. The van der Waals surface area contributed by atoms with Crippen LogP contribution in [0, 0.1) is 6.92 Å². The van der Waals surface area contributed by atoms with Crippen molar-refractivity contribution < 1.29 is 23.0 Å². The van der Waals surface area contributed by atoms with E-state index in [1.165, 1.54) is 6.20 Å². The minimum absolute atomic E-state index is 0.0685. The molecule has 12 heteroatoms. The quantitative estimate of drug-likeness (QED) is 0.506. The summed E-state index contributed by atoms with van der Waals surface area (Å²) in [6, 6.07) is 4.58. The van der Waals surface area contributed by atoms with Crippen LogP contribution in [-0.4, -0.2) is 65.7 Å². The van der Waals surface area contributed by atoms with Crippen molar-refractivity contribution in [3.63, 3.8) is 0 Å². The molecule has 4 heterocycles. The fraction of sp³-hybridized carbons (Fsp3) is 0.391. The van der Waals surface area contributed by atoms with Crippen molar-refractivity contribution >= 4 is 17.2 Å². The zero-order valence-electron chi connectivity index (χ0n) is 19.5. The highest BCUT2D eigenvalue weighted by atomic mass is 19.4. The number of hydrogen-bond donors (Lipinski definition) is 2. The van der Waals surface area contributed by atoms with Crippen LogP contribution in [0.2, 0.25) is 0 Å². The van der Waals surface area contributed by atoms with Crippen LogP contribution >= 0.6 is 0 Å². The fourth-order valence-corrected chi connectivity index (χ4v) is 3.79. The molecule has 0 amide bonds. The molecule has 0 spiro atoms. The van der Waals surface area contributed by atoms with Crippen molar-refractivity contribution in [1.29, 1.82) is 0 Å². The Bertz CT molecular complexity index is 1180. The fourth-order valence-electron chi connectivity index (χ4n) is 3.79. The molecular weight excluding hydrogens is 463 g/mol. The molecule has 0 saturated carbocycles. The number of morpholine rings is 1. The first kappa shape index (κ1) is 24.6. The van der Waals surface area contributed by atoms with E-state index in [0.717, 1.165) is 53.7 Å². The molecule has 2 N–H and O–H groups in total. The second kappa shape index (κ2) is 10.0. The number of nitrogens with one attached hydrogen (secondary N) is 1. The molecule has 0 radical (unpaired) electrons. The predicted molar refractivity (Wildman–Crippen MR) is 125 cm³/mol. The predicted octanol–water partition coefficient (Wildman–Crippen LogP) is 3.27. The molecule has 186 valence electrons. The first-order chi connectivity index (χ1) is 16.6. The normalized spacial score (nSPS) is 15.1. The van der Waals surface area contributed by atoms with Gasteiger partial charge in [-0.25, -0.2) is 4.98 Å². The number of pyridine rings is 2. The summed E-state index contributed by atoms with van der Waals surface area (Å²) in [7, 11) is 3.87. The Morgan fingerprint density at radius 2 is 1.83 bits per heavy atom. The highest BCUT2D eigenvalue weighted by Crippen LogP contribution is 2.34. The Kier molecular flexibility index (Phi) is 7.03. The lowest BCUT2D eigenvalue weighted by Gasteiger charge is -2.31. The molecule has 3 aromatic heterocycles. The number of rotatable bonds is 6. The highest BCUT2D eigenvalue weighted by molar-refractivity contribution is 5.77. The van der Waals surface area contributed by atoms with Crippen LogP contribution in [0.1, 0.15) is 23.2 Å². The summed E-state index contributed by atoms with van der Waals surface area (Å²) in [5, 5.41) is 19.7. The van der Waals surface area contributed by atoms with Gasteiger partial charge in [-0.3, -0.25) is 4.98 Å². The number of nitrogens with zero attached hydrogens (tertiary/aromatic N) is 6. The van der Waals surface area contributed by atoms with Gasteiger partial charge in [0, 0.05) is 55.8 Å². The maximum absolute atomic E-state index is 13.0. The molecule has 1 saturated heterocycles. The molecule has 9 nitrogen and oxygen atoms in total. The van der Waals surface area contributed by atoms with Crippen LogP contribution in [0.4, 0.5) is 30.4 Å². The van der Waals surface area contributed by atoms with E-state index in [9.17, 15) is 18.3 Å². The van der Waals surface area contributed by atoms with Crippen LogP contribution in [0.5, 0.6) is 0 Å². The summed E-state index contributed by atoms with van der Waals surface area (Å²) in [6.07, 6.45) is -1.77. The zero-order chi connectivity index (χ0) is 25.2. The van der Waals surface area contributed by atoms with Gasteiger partial charge in [-0.1, -0.05) is 0 Å². The summed E-state index contributed by atoms with van der Waals surface area (Å²) >= 11 is 0. The Morgan fingerprint density at radius 1 is 1.09 bits per heavy atom. The topological polar surface area (TPSA) is 99.5 Å². The van der Waals surface area contributed by atoms with Crippen molar-refractivity contribution in [2.24, 2.45) is 0 Å². The van der Waals surface area contributed by atoms with E-state index in [2.05, 4.69) is 30.4 Å². The van der Waals surface area contributed by atoms with E-state index < -0.39 is 18.1 Å². The summed E-state index contributed by atoms with van der Waals surface area (Å²) in [4.78, 5) is 13.2. The lowest BCUT2D eigenvalue weighted by Crippen LogP contribution is -2.37. The molecule has 1 fully saturated rings. The molecule has 3 aromatic rings. The van der Waals surface area contributed by atoms with Crippen LogP contribution in [0.25, 0.3) is 11.1 Å². The Balaban J connectivity index is 1.63. The molecule has 0 aromatic carbocycles. The number of hydrogen-bond acceptors (Lipinski definition) is 9. The molecule has 0 aliphatic carbocycles. The smallest absolute Gasteiger partial charge is 0.378 e. The van der Waals surface area contributed by atoms with E-state index in [4.69, 9.17) is 4.74 Å². The standard InChI is InChI=1S/C23H26F3N7O2/c1-14-18(15-8-19(21(28-11-15)32(2)3)33-4-6-35-7-5-33)10-17(13-27-14)30-22(34)16-9-20(23(24,25)26)31-29-12-16/h8-13,22,30,34H,4-7H2,1-3H3. The van der Waals surface area contributed by atoms with Crippen LogP contribution < -0.4 is 15.1 Å². The van der Waals surface area contributed by atoms with E-state index in [1.54, 1.807) is 12.3 Å². The average molecular weight is 490 g/mol. The molecule has 1 aliphatic rings. The van der Waals surface area contributed by atoms with Crippen LogP contribution in [-0.2, 0) is 10.9 Å². The van der Waals surface area contributed by atoms with Gasteiger partial charge in [0.2, 0.25) is 0 Å². The first-order valence-electron chi connectivity index (χ1n) is 10.9. The Morgan fingerprint density at radius 3 is 2.51 bits per heavy atom. The number of aliphatic hydroxyl groups is 1. The first-order valence-corrected chi connectivity index (χ1v) is 10.9. The van der Waals surface area contributed by atoms with Gasteiger partial charge in [-0.05, 0) is 25.1 Å². The third kappa shape index (κ3) is 5.60.